The van der Waals surface area contributed by atoms with Crippen molar-refractivity contribution in [3.8, 4) is 78.5 Å². The van der Waals surface area contributed by atoms with Crippen LogP contribution in [0, 0.1) is 11.3 Å². The lowest BCUT2D eigenvalue weighted by atomic mass is 9.33. The molecule has 0 atom stereocenters. The number of nitrogens with zero attached hydrogens (tertiary/aromatic N) is 4. The Morgan fingerprint density at radius 2 is 0.673 bits per heavy atom. The number of para-hydroxylation sites is 1. The van der Waals surface area contributed by atoms with Crippen molar-refractivity contribution >= 4 is 79.0 Å². The van der Waals surface area contributed by atoms with Gasteiger partial charge in [0, 0.05) is 44.6 Å². The molecule has 1 aromatic heterocycles. The quantitative estimate of drug-likeness (QED) is 0.121. The highest BCUT2D eigenvalue weighted by Gasteiger charge is 2.52. The molecule has 510 valence electrons. The van der Waals surface area contributed by atoms with Crippen molar-refractivity contribution < 1.29 is 9.60 Å². The van der Waals surface area contributed by atoms with Crippen LogP contribution in [0.4, 0.5) is 34.1 Å². The number of nitriles is 1. The van der Waals surface area contributed by atoms with Crippen LogP contribution in [-0.2, 0) is 10.8 Å². The standard InChI is InChI=1S/C105H67BN4/c107-68-69-51-58-94-84(61-69)83-45-25-26-48-93(83)108(94)82-66-99-103-100(67-82)110(98-50-28-47-90-102(98)86-63-75(71-31-11-2-12-32-71)53-57-88(86)105(90,80-41-21-7-22-42-80)81-43-23-8-24-44-81)96-60-55-77(73-35-15-4-16-36-73)65-92(96)106(103)91-64-76(72-33-13-3-14-34-72)54-59-95(91)109(99)97-49-27-46-89-101(97)85-62-74(70-29-9-1-10-30-70)52-56-87(85)104(89,78-37-17-5-18-38-78)79-39-19-6-20-40-79/h1-67H/i25D,26D,45D,48D,51D,58D,61D. The van der Waals surface area contributed by atoms with Gasteiger partial charge in [0.1, 0.15) is 0 Å². The first-order chi connectivity index (χ1) is 57.5. The third kappa shape index (κ3) is 9.21. The molecule has 0 radical (unpaired) electrons. The second-order valence-corrected chi connectivity index (χ2v) is 29.0. The molecule has 5 heteroatoms. The van der Waals surface area contributed by atoms with Crippen LogP contribution in [0.1, 0.15) is 59.7 Å². The molecule has 0 N–H and O–H groups in total. The molecule has 0 fully saturated rings. The maximum Gasteiger partial charge on any atom is 0.252 e. The average molecular weight is 1400 g/mol. The zero-order valence-corrected chi connectivity index (χ0v) is 59.5. The van der Waals surface area contributed by atoms with E-state index in [4.69, 9.17) is 0 Å². The molecule has 18 aromatic rings. The van der Waals surface area contributed by atoms with Gasteiger partial charge in [0.15, 0.2) is 0 Å². The molecule has 0 bridgehead atoms. The number of rotatable bonds is 11. The summed E-state index contributed by atoms with van der Waals surface area (Å²) < 4.78 is 70.9. The van der Waals surface area contributed by atoms with Crippen molar-refractivity contribution in [1.82, 2.24) is 4.57 Å². The van der Waals surface area contributed by atoms with Gasteiger partial charge in [0.05, 0.1) is 60.2 Å². The molecule has 22 rings (SSSR count). The number of fused-ring (bicyclic) bond motifs is 13. The zero-order chi connectivity index (χ0) is 78.7. The maximum absolute atomic E-state index is 10.9. The molecule has 0 unspecified atom stereocenters. The van der Waals surface area contributed by atoms with E-state index in [0.717, 1.165) is 162 Å². The molecule has 17 aromatic carbocycles. The summed E-state index contributed by atoms with van der Waals surface area (Å²) >= 11 is 0. The summed E-state index contributed by atoms with van der Waals surface area (Å²) in [5.74, 6) is 0. The van der Waals surface area contributed by atoms with Gasteiger partial charge in [-0.1, -0.05) is 334 Å². The SMILES string of the molecule is [2H]c1c([2H])c([2H])c2c(c1[2H])c1c([2H])c(C#N)c([2H])c([2H])c1n2-c1cc2c3c(c1)N(c1cccc4c1-c1cc(-c5ccccc5)ccc1C4(c1ccccc1)c1ccccc1)c1ccc(-c4ccccc4)cc1B3c1cc(-c3ccccc3)ccc1N2c1cccc2c1-c1cc(-c3ccccc3)ccc1C2(c1ccccc1)c1ccccc1. The van der Waals surface area contributed by atoms with Gasteiger partial charge < -0.3 is 14.4 Å². The van der Waals surface area contributed by atoms with Gasteiger partial charge in [-0.2, -0.15) is 5.26 Å². The van der Waals surface area contributed by atoms with Gasteiger partial charge in [-0.05, 0) is 189 Å². The van der Waals surface area contributed by atoms with Crippen molar-refractivity contribution in [2.45, 2.75) is 10.8 Å². The summed E-state index contributed by atoms with van der Waals surface area (Å²) in [4.78, 5) is 4.88. The normalized spacial score (nSPS) is 14.4. The molecular formula is C105H67BN4. The average Bonchev–Trinajstić information content (AvgIpc) is 1.54. The number of hydrogen-bond donors (Lipinski definition) is 0. The molecule has 0 saturated carbocycles. The first kappa shape index (κ1) is 56.1. The third-order valence-electron chi connectivity index (χ3n) is 23.6. The van der Waals surface area contributed by atoms with E-state index in [0.29, 0.717) is 5.69 Å². The summed E-state index contributed by atoms with van der Waals surface area (Å²) in [6, 6.07) is 130. The number of aromatic nitrogens is 1. The largest absolute Gasteiger partial charge is 0.311 e. The number of benzene rings is 17. The van der Waals surface area contributed by atoms with Crippen LogP contribution >= 0.6 is 0 Å². The third-order valence-corrected chi connectivity index (χ3v) is 23.6. The minimum atomic E-state index is -0.873. The summed E-state index contributed by atoms with van der Waals surface area (Å²) in [6.07, 6.45) is 0. The predicted octanol–water partition coefficient (Wildman–Crippen LogP) is 24.1. The monoisotopic (exact) mass is 1400 g/mol. The fourth-order valence-corrected chi connectivity index (χ4v) is 19.1. The van der Waals surface area contributed by atoms with Gasteiger partial charge in [0.25, 0.3) is 6.71 Å². The summed E-state index contributed by atoms with van der Waals surface area (Å²) in [5, 5.41) is 10.9. The predicted molar refractivity (Wildman–Crippen MR) is 456 cm³/mol. The lowest BCUT2D eigenvalue weighted by Gasteiger charge is -2.45. The Labute approximate surface area is 650 Å². The zero-order valence-electron chi connectivity index (χ0n) is 66.5. The molecule has 0 amide bonds. The summed E-state index contributed by atoms with van der Waals surface area (Å²) in [5.41, 5.74) is 27.3. The highest BCUT2D eigenvalue weighted by Crippen LogP contribution is 2.63. The highest BCUT2D eigenvalue weighted by atomic mass is 15.2. The molecule has 2 aliphatic heterocycles. The van der Waals surface area contributed by atoms with Gasteiger partial charge in [-0.25, -0.2) is 0 Å². The minimum Gasteiger partial charge on any atom is -0.311 e. The van der Waals surface area contributed by atoms with Crippen LogP contribution in [0.2, 0.25) is 0 Å². The smallest absolute Gasteiger partial charge is 0.252 e. The Balaban J connectivity index is 0.943. The molecule has 3 heterocycles. The summed E-state index contributed by atoms with van der Waals surface area (Å²) in [6.45, 7) is -0.545. The Hall–Kier alpha value is -14.3. The molecule has 110 heavy (non-hydrogen) atoms. The topological polar surface area (TPSA) is 35.2 Å². The van der Waals surface area contributed by atoms with Crippen LogP contribution in [-0.4, -0.2) is 11.3 Å². The van der Waals surface area contributed by atoms with E-state index in [9.17, 15) is 14.9 Å². The van der Waals surface area contributed by atoms with E-state index < -0.39 is 59.8 Å². The van der Waals surface area contributed by atoms with Crippen molar-refractivity contribution in [2.24, 2.45) is 0 Å². The van der Waals surface area contributed by atoms with Crippen LogP contribution < -0.4 is 26.2 Å². The highest BCUT2D eigenvalue weighted by molar-refractivity contribution is 7.00. The summed E-state index contributed by atoms with van der Waals surface area (Å²) in [7, 11) is 0. The second-order valence-electron chi connectivity index (χ2n) is 29.0. The Morgan fingerprint density at radius 1 is 0.300 bits per heavy atom. The van der Waals surface area contributed by atoms with Crippen LogP contribution in [0.15, 0.2) is 406 Å². The Morgan fingerprint density at radius 3 is 1.08 bits per heavy atom. The van der Waals surface area contributed by atoms with E-state index in [1.807, 2.05) is 0 Å². The first-order valence-electron chi connectivity index (χ1n) is 41.0. The van der Waals surface area contributed by atoms with Crippen molar-refractivity contribution in [1.29, 1.82) is 5.26 Å². The van der Waals surface area contributed by atoms with Crippen molar-refractivity contribution in [2.75, 3.05) is 9.80 Å². The van der Waals surface area contributed by atoms with Crippen LogP contribution in [0.5, 0.6) is 0 Å². The van der Waals surface area contributed by atoms with E-state index in [1.165, 1.54) is 0 Å². The van der Waals surface area contributed by atoms with E-state index >= 15 is 0 Å². The van der Waals surface area contributed by atoms with Crippen LogP contribution in [0.25, 0.3) is 94.3 Å². The molecule has 0 spiro atoms. The Bertz CT molecular complexity index is 6810. The molecule has 4 aliphatic rings. The molecule has 2 aliphatic carbocycles. The van der Waals surface area contributed by atoms with Crippen molar-refractivity contribution in [3.63, 3.8) is 0 Å². The van der Waals surface area contributed by atoms with E-state index in [1.54, 1.807) is 4.57 Å². The number of anilines is 6. The van der Waals surface area contributed by atoms with E-state index in [-0.39, 0.29) is 27.4 Å². The lowest BCUT2D eigenvalue weighted by Crippen LogP contribution is -2.61. The lowest BCUT2D eigenvalue weighted by molar-refractivity contribution is 0.768. The van der Waals surface area contributed by atoms with Gasteiger partial charge in [0.2, 0.25) is 0 Å². The molecular weight excluding hydrogens is 1330 g/mol. The molecule has 4 nitrogen and oxygen atoms in total. The van der Waals surface area contributed by atoms with Crippen molar-refractivity contribution in [3.05, 3.63) is 456 Å². The Kier molecular flexibility index (Phi) is 12.7. The fraction of sp³-hybridized carbons (Fsp3) is 0.0190. The van der Waals surface area contributed by atoms with E-state index in [2.05, 4.69) is 380 Å². The second kappa shape index (κ2) is 24.9. The minimum absolute atomic E-state index is 0.00123. The van der Waals surface area contributed by atoms with Gasteiger partial charge in [-0.3, -0.25) is 0 Å². The number of hydrogen-bond acceptors (Lipinski definition) is 3. The van der Waals surface area contributed by atoms with Gasteiger partial charge >= 0.3 is 0 Å². The fourth-order valence-electron chi connectivity index (χ4n) is 19.1. The first-order valence-corrected chi connectivity index (χ1v) is 37.5. The van der Waals surface area contributed by atoms with Gasteiger partial charge in [-0.15, -0.1) is 0 Å². The maximum atomic E-state index is 10.9. The molecule has 0 saturated heterocycles. The van der Waals surface area contributed by atoms with Crippen LogP contribution in [0.3, 0.4) is 0 Å².